The van der Waals surface area contributed by atoms with Crippen LogP contribution in [0.5, 0.6) is 0 Å². The summed E-state index contributed by atoms with van der Waals surface area (Å²) in [5.41, 5.74) is 6.29. The van der Waals surface area contributed by atoms with Crippen molar-refractivity contribution in [1.82, 2.24) is 9.80 Å². The molecule has 6 nitrogen and oxygen atoms in total. The Hall–Kier alpha value is -2.93. The monoisotopic (exact) mass is 356 g/mol. The second-order valence-electron chi connectivity index (χ2n) is 6.37. The molecule has 0 bridgehead atoms. The molecule has 1 aliphatic heterocycles. The third-order valence-electron chi connectivity index (χ3n) is 4.51. The van der Waals surface area contributed by atoms with E-state index in [4.69, 9.17) is 5.73 Å². The van der Waals surface area contributed by atoms with Crippen LogP contribution in [0.15, 0.2) is 48.5 Å². The highest BCUT2D eigenvalue weighted by Gasteiger charge is 2.30. The van der Waals surface area contributed by atoms with E-state index in [1.165, 1.54) is 12.1 Å². The van der Waals surface area contributed by atoms with E-state index in [1.807, 2.05) is 37.4 Å². The summed E-state index contributed by atoms with van der Waals surface area (Å²) in [5.74, 6) is -1.59. The molecule has 0 radical (unpaired) electrons. The number of rotatable bonds is 3. The summed E-state index contributed by atoms with van der Waals surface area (Å²) in [6.07, 6.45) is 0. The van der Waals surface area contributed by atoms with Crippen molar-refractivity contribution in [3.63, 3.8) is 0 Å². The fourth-order valence-electron chi connectivity index (χ4n) is 3.11. The second kappa shape index (κ2) is 7.53. The Bertz CT molecular complexity index is 812. The first-order valence-electron chi connectivity index (χ1n) is 8.36. The number of carbonyl (C=O) groups is 2. The van der Waals surface area contributed by atoms with Crippen LogP contribution in [-0.2, 0) is 0 Å². The summed E-state index contributed by atoms with van der Waals surface area (Å²) in [5, 5.41) is 2.74. The smallest absolute Gasteiger partial charge is 0.322 e. The Labute approximate surface area is 151 Å². The van der Waals surface area contributed by atoms with E-state index in [-0.39, 0.29) is 17.6 Å². The first-order valence-corrected chi connectivity index (χ1v) is 8.36. The van der Waals surface area contributed by atoms with Gasteiger partial charge in [-0.15, -0.1) is 0 Å². The summed E-state index contributed by atoms with van der Waals surface area (Å²) in [4.78, 5) is 28.0. The number of hydrogen-bond donors (Lipinski definition) is 2. The van der Waals surface area contributed by atoms with Gasteiger partial charge < -0.3 is 20.9 Å². The van der Waals surface area contributed by atoms with E-state index >= 15 is 0 Å². The van der Waals surface area contributed by atoms with Crippen molar-refractivity contribution in [2.75, 3.05) is 32.0 Å². The number of carbonyl (C=O) groups excluding carboxylic acids is 2. The molecule has 1 heterocycles. The molecule has 0 aliphatic carbocycles. The van der Waals surface area contributed by atoms with Crippen molar-refractivity contribution in [3.05, 3.63) is 65.5 Å². The predicted octanol–water partition coefficient (Wildman–Crippen LogP) is 2.45. The van der Waals surface area contributed by atoms with Crippen LogP contribution >= 0.6 is 0 Å². The number of likely N-dealkylation sites (N-methyl/N-ethyl adjacent to an activating group) is 1. The zero-order valence-electron chi connectivity index (χ0n) is 14.5. The fourth-order valence-corrected chi connectivity index (χ4v) is 3.11. The lowest BCUT2D eigenvalue weighted by molar-refractivity contribution is 0.0996. The highest BCUT2D eigenvalue weighted by molar-refractivity contribution is 5.96. The third kappa shape index (κ3) is 3.83. The summed E-state index contributed by atoms with van der Waals surface area (Å²) in [7, 11) is 2.02. The van der Waals surface area contributed by atoms with Crippen molar-refractivity contribution in [2.24, 2.45) is 5.73 Å². The van der Waals surface area contributed by atoms with E-state index in [2.05, 4.69) is 10.2 Å². The Kier molecular flexibility index (Phi) is 5.18. The molecule has 2 aromatic carbocycles. The van der Waals surface area contributed by atoms with Crippen molar-refractivity contribution < 1.29 is 14.0 Å². The molecule has 1 fully saturated rings. The number of halogens is 1. The summed E-state index contributed by atoms with van der Waals surface area (Å²) in [6, 6.07) is 13.2. The number of hydrogen-bond acceptors (Lipinski definition) is 3. The van der Waals surface area contributed by atoms with Gasteiger partial charge in [0.05, 0.1) is 11.6 Å². The average molecular weight is 356 g/mol. The van der Waals surface area contributed by atoms with Crippen molar-refractivity contribution in [2.45, 2.75) is 6.04 Å². The van der Waals surface area contributed by atoms with Crippen LogP contribution in [-0.4, -0.2) is 48.4 Å². The fraction of sp³-hybridized carbons (Fsp3) is 0.263. The van der Waals surface area contributed by atoms with Crippen LogP contribution in [0.3, 0.4) is 0 Å². The van der Waals surface area contributed by atoms with Crippen LogP contribution in [0.25, 0.3) is 0 Å². The highest BCUT2D eigenvalue weighted by Crippen LogP contribution is 2.26. The van der Waals surface area contributed by atoms with Gasteiger partial charge in [0.2, 0.25) is 0 Å². The van der Waals surface area contributed by atoms with Crippen LogP contribution < -0.4 is 11.1 Å². The van der Waals surface area contributed by atoms with Gasteiger partial charge in [0.25, 0.3) is 5.91 Å². The minimum Gasteiger partial charge on any atom is -0.366 e. The number of urea groups is 1. The van der Waals surface area contributed by atoms with E-state index in [1.54, 1.807) is 4.90 Å². The highest BCUT2D eigenvalue weighted by atomic mass is 19.1. The summed E-state index contributed by atoms with van der Waals surface area (Å²) >= 11 is 0. The quantitative estimate of drug-likeness (QED) is 0.887. The number of nitrogens with two attached hydrogens (primary N) is 1. The van der Waals surface area contributed by atoms with Gasteiger partial charge in [-0.05, 0) is 30.8 Å². The molecule has 0 saturated carbocycles. The van der Waals surface area contributed by atoms with Gasteiger partial charge in [0.1, 0.15) is 5.82 Å². The molecule has 1 unspecified atom stereocenters. The van der Waals surface area contributed by atoms with Gasteiger partial charge in [-0.1, -0.05) is 30.3 Å². The zero-order chi connectivity index (χ0) is 18.7. The molecule has 7 heteroatoms. The standard InChI is InChI=1S/C19H21FN4O2/c1-23-9-10-24(17(12-23)13-5-3-2-4-6-13)19(26)22-14-7-8-16(20)15(11-14)18(21)25/h2-8,11,17H,9-10,12H2,1H3,(H2,21,25)(H,22,26). The average Bonchev–Trinajstić information content (AvgIpc) is 2.63. The molecule has 1 saturated heterocycles. The first-order chi connectivity index (χ1) is 12.5. The predicted molar refractivity (Wildman–Crippen MR) is 97.3 cm³/mol. The van der Waals surface area contributed by atoms with Gasteiger partial charge in [-0.2, -0.15) is 0 Å². The van der Waals surface area contributed by atoms with Crippen molar-refractivity contribution in [3.8, 4) is 0 Å². The van der Waals surface area contributed by atoms with Crippen LogP contribution in [0.1, 0.15) is 22.0 Å². The van der Waals surface area contributed by atoms with Crippen molar-refractivity contribution in [1.29, 1.82) is 0 Å². The minimum absolute atomic E-state index is 0.0917. The summed E-state index contributed by atoms with van der Waals surface area (Å²) < 4.78 is 13.6. The number of amides is 3. The number of anilines is 1. The van der Waals surface area contributed by atoms with Gasteiger partial charge in [-0.3, -0.25) is 4.79 Å². The third-order valence-corrected chi connectivity index (χ3v) is 4.51. The Morgan fingerprint density at radius 3 is 2.58 bits per heavy atom. The maximum absolute atomic E-state index is 13.6. The number of benzene rings is 2. The van der Waals surface area contributed by atoms with Gasteiger partial charge in [-0.25, -0.2) is 9.18 Å². The molecule has 3 rings (SSSR count). The van der Waals surface area contributed by atoms with E-state index in [0.29, 0.717) is 18.8 Å². The van der Waals surface area contributed by atoms with Crippen LogP contribution in [0.4, 0.5) is 14.9 Å². The molecule has 26 heavy (non-hydrogen) atoms. The molecule has 1 atom stereocenters. The molecule has 3 N–H and O–H groups in total. The van der Waals surface area contributed by atoms with Gasteiger partial charge in [0, 0.05) is 25.3 Å². The molecule has 1 aliphatic rings. The molecule has 136 valence electrons. The lowest BCUT2D eigenvalue weighted by Gasteiger charge is -2.40. The molecule has 2 aromatic rings. The van der Waals surface area contributed by atoms with Gasteiger partial charge in [0.15, 0.2) is 0 Å². The molecule has 3 amide bonds. The van der Waals surface area contributed by atoms with E-state index < -0.39 is 11.7 Å². The number of nitrogens with one attached hydrogen (secondary N) is 1. The summed E-state index contributed by atoms with van der Waals surface area (Å²) in [6.45, 7) is 2.03. The SMILES string of the molecule is CN1CCN(C(=O)Nc2ccc(F)c(C(N)=O)c2)C(c2ccccc2)C1. The first kappa shape index (κ1) is 17.9. The lowest BCUT2D eigenvalue weighted by atomic mass is 10.0. The maximum Gasteiger partial charge on any atom is 0.322 e. The topological polar surface area (TPSA) is 78.7 Å². The molecule has 0 spiro atoms. The number of nitrogens with zero attached hydrogens (tertiary/aromatic N) is 2. The Morgan fingerprint density at radius 2 is 1.88 bits per heavy atom. The molecule has 0 aromatic heterocycles. The second-order valence-corrected chi connectivity index (χ2v) is 6.37. The molecular weight excluding hydrogens is 335 g/mol. The maximum atomic E-state index is 13.6. The minimum atomic E-state index is -0.875. The van der Waals surface area contributed by atoms with Gasteiger partial charge >= 0.3 is 6.03 Å². The Balaban J connectivity index is 1.81. The van der Waals surface area contributed by atoms with Crippen LogP contribution in [0, 0.1) is 5.82 Å². The van der Waals surface area contributed by atoms with Crippen molar-refractivity contribution >= 4 is 17.6 Å². The molecular formula is C19H21FN4O2. The van der Waals surface area contributed by atoms with Crippen LogP contribution in [0.2, 0.25) is 0 Å². The number of piperazine rings is 1. The normalized spacial score (nSPS) is 17.8. The van der Waals surface area contributed by atoms with E-state index in [9.17, 15) is 14.0 Å². The largest absolute Gasteiger partial charge is 0.366 e. The Morgan fingerprint density at radius 1 is 1.15 bits per heavy atom. The van der Waals surface area contributed by atoms with E-state index in [0.717, 1.165) is 18.2 Å². The lowest BCUT2D eigenvalue weighted by Crippen LogP contribution is -2.50. The zero-order valence-corrected chi connectivity index (χ0v) is 14.5. The number of primary amides is 1.